The third-order valence-electron chi connectivity index (χ3n) is 3.95. The van der Waals surface area contributed by atoms with E-state index < -0.39 is 5.97 Å². The molecular formula is C17H19N3O3. The van der Waals surface area contributed by atoms with Gasteiger partial charge < -0.3 is 14.7 Å². The fourth-order valence-electron chi connectivity index (χ4n) is 2.70. The van der Waals surface area contributed by atoms with Crippen molar-refractivity contribution >= 4 is 11.8 Å². The van der Waals surface area contributed by atoms with Gasteiger partial charge in [0.05, 0.1) is 5.92 Å². The zero-order valence-corrected chi connectivity index (χ0v) is 12.8. The van der Waals surface area contributed by atoms with Gasteiger partial charge >= 0.3 is 5.97 Å². The number of hydrogen-bond acceptors (Lipinski definition) is 5. The predicted octanol–water partition coefficient (Wildman–Crippen LogP) is 2.36. The molecule has 6 heteroatoms. The molecule has 23 heavy (non-hydrogen) atoms. The van der Waals surface area contributed by atoms with Crippen LogP contribution in [-0.4, -0.2) is 34.1 Å². The molecular weight excluding hydrogens is 294 g/mol. The van der Waals surface area contributed by atoms with Crippen LogP contribution in [0.25, 0.3) is 0 Å². The zero-order chi connectivity index (χ0) is 16.1. The molecule has 0 spiro atoms. The van der Waals surface area contributed by atoms with Crippen LogP contribution >= 0.6 is 0 Å². The van der Waals surface area contributed by atoms with Crippen molar-refractivity contribution in [2.45, 2.75) is 19.4 Å². The highest BCUT2D eigenvalue weighted by atomic mass is 16.5. The van der Waals surface area contributed by atoms with Crippen LogP contribution in [0.4, 0.5) is 5.82 Å². The van der Waals surface area contributed by atoms with Crippen LogP contribution in [0, 0.1) is 5.92 Å². The molecule has 1 aromatic carbocycles. The molecule has 1 fully saturated rings. The van der Waals surface area contributed by atoms with Gasteiger partial charge in [0.25, 0.3) is 0 Å². The number of piperidine rings is 1. The second-order valence-electron chi connectivity index (χ2n) is 5.61. The van der Waals surface area contributed by atoms with Gasteiger partial charge in [0.2, 0.25) is 5.88 Å². The van der Waals surface area contributed by atoms with Gasteiger partial charge in [0.1, 0.15) is 18.8 Å². The number of rotatable bonds is 5. The summed E-state index contributed by atoms with van der Waals surface area (Å²) in [5.74, 6) is 0.127. The predicted molar refractivity (Wildman–Crippen MR) is 85.4 cm³/mol. The van der Waals surface area contributed by atoms with Crippen molar-refractivity contribution < 1.29 is 14.6 Å². The summed E-state index contributed by atoms with van der Waals surface area (Å²) in [4.78, 5) is 21.5. The van der Waals surface area contributed by atoms with Gasteiger partial charge in [-0.25, -0.2) is 9.97 Å². The summed E-state index contributed by atoms with van der Waals surface area (Å²) in [6.07, 6.45) is 3.02. The molecule has 0 amide bonds. The number of benzene rings is 1. The second-order valence-corrected chi connectivity index (χ2v) is 5.61. The van der Waals surface area contributed by atoms with E-state index in [1.165, 1.54) is 6.33 Å². The first-order valence-electron chi connectivity index (χ1n) is 7.69. The number of carboxylic acids is 1. The molecule has 1 aliphatic rings. The second kappa shape index (κ2) is 7.09. The van der Waals surface area contributed by atoms with Crippen LogP contribution in [0.15, 0.2) is 42.7 Å². The van der Waals surface area contributed by atoms with Gasteiger partial charge in [-0.3, -0.25) is 4.79 Å². The minimum absolute atomic E-state index is 0.340. The number of carboxylic acid groups (broad SMARTS) is 1. The third kappa shape index (κ3) is 3.97. The van der Waals surface area contributed by atoms with Gasteiger partial charge in [0.15, 0.2) is 0 Å². The molecule has 1 aliphatic heterocycles. The van der Waals surface area contributed by atoms with Crippen LogP contribution in [0.2, 0.25) is 0 Å². The zero-order valence-electron chi connectivity index (χ0n) is 12.8. The Balaban J connectivity index is 1.66. The van der Waals surface area contributed by atoms with Gasteiger partial charge in [-0.15, -0.1) is 0 Å². The van der Waals surface area contributed by atoms with Crippen molar-refractivity contribution in [2.24, 2.45) is 5.92 Å². The monoisotopic (exact) mass is 313 g/mol. The molecule has 1 N–H and O–H groups in total. The first kappa shape index (κ1) is 15.3. The van der Waals surface area contributed by atoms with Crippen molar-refractivity contribution in [1.82, 2.24) is 9.97 Å². The summed E-state index contributed by atoms with van der Waals surface area (Å²) >= 11 is 0. The number of aliphatic carboxylic acids is 1. The maximum absolute atomic E-state index is 11.2. The van der Waals surface area contributed by atoms with E-state index in [-0.39, 0.29) is 5.92 Å². The summed E-state index contributed by atoms with van der Waals surface area (Å²) < 4.78 is 5.70. The number of hydrogen-bond donors (Lipinski definition) is 1. The molecule has 2 heterocycles. The van der Waals surface area contributed by atoms with E-state index in [2.05, 4.69) is 9.97 Å². The van der Waals surface area contributed by atoms with E-state index in [1.807, 2.05) is 35.2 Å². The first-order valence-corrected chi connectivity index (χ1v) is 7.69. The van der Waals surface area contributed by atoms with Crippen LogP contribution in [0.1, 0.15) is 18.4 Å². The van der Waals surface area contributed by atoms with E-state index in [4.69, 9.17) is 4.74 Å². The highest BCUT2D eigenvalue weighted by Crippen LogP contribution is 2.23. The minimum Gasteiger partial charge on any atom is -0.481 e. The van der Waals surface area contributed by atoms with Crippen molar-refractivity contribution in [1.29, 1.82) is 0 Å². The lowest BCUT2D eigenvalue weighted by Gasteiger charge is -2.31. The molecule has 1 aromatic heterocycles. The maximum Gasteiger partial charge on any atom is 0.308 e. The Morgan fingerprint density at radius 1 is 1.30 bits per heavy atom. The highest BCUT2D eigenvalue weighted by Gasteiger charge is 2.26. The number of ether oxygens (including phenoxy) is 1. The molecule has 1 saturated heterocycles. The summed E-state index contributed by atoms with van der Waals surface area (Å²) in [6.45, 7) is 1.72. The molecule has 0 radical (unpaired) electrons. The van der Waals surface area contributed by atoms with Crippen LogP contribution < -0.4 is 9.64 Å². The molecule has 0 aliphatic carbocycles. The Labute approximate surface area is 134 Å². The highest BCUT2D eigenvalue weighted by molar-refractivity contribution is 5.71. The summed E-state index contributed by atoms with van der Waals surface area (Å²) in [6, 6.07) is 11.6. The van der Waals surface area contributed by atoms with E-state index in [0.29, 0.717) is 31.3 Å². The Hall–Kier alpha value is -2.63. The average molecular weight is 313 g/mol. The molecule has 1 atom stereocenters. The average Bonchev–Trinajstić information content (AvgIpc) is 2.61. The Morgan fingerprint density at radius 3 is 2.91 bits per heavy atom. The van der Waals surface area contributed by atoms with Crippen LogP contribution in [0.5, 0.6) is 5.88 Å². The molecule has 6 nitrogen and oxygen atoms in total. The number of carbonyl (C=O) groups is 1. The van der Waals surface area contributed by atoms with Crippen molar-refractivity contribution in [3.05, 3.63) is 48.3 Å². The van der Waals surface area contributed by atoms with Crippen molar-refractivity contribution in [3.63, 3.8) is 0 Å². The van der Waals surface area contributed by atoms with Gasteiger partial charge in [-0.2, -0.15) is 0 Å². The minimum atomic E-state index is -0.746. The van der Waals surface area contributed by atoms with E-state index in [9.17, 15) is 9.90 Å². The van der Waals surface area contributed by atoms with E-state index >= 15 is 0 Å². The fourth-order valence-corrected chi connectivity index (χ4v) is 2.70. The van der Waals surface area contributed by atoms with Gasteiger partial charge in [-0.1, -0.05) is 30.3 Å². The van der Waals surface area contributed by atoms with E-state index in [0.717, 1.165) is 18.5 Å². The molecule has 1 unspecified atom stereocenters. The summed E-state index contributed by atoms with van der Waals surface area (Å²) in [5.41, 5.74) is 1.07. The topological polar surface area (TPSA) is 75.5 Å². The Morgan fingerprint density at radius 2 is 2.13 bits per heavy atom. The number of anilines is 1. The summed E-state index contributed by atoms with van der Waals surface area (Å²) in [5, 5.41) is 9.18. The number of nitrogens with zero attached hydrogens (tertiary/aromatic N) is 3. The lowest BCUT2D eigenvalue weighted by atomic mass is 9.98. The SMILES string of the molecule is O=C(O)C1CCCN(c2cc(OCc3ccccc3)ncn2)C1. The smallest absolute Gasteiger partial charge is 0.308 e. The standard InChI is InChI=1S/C17H19N3O3/c21-17(22)14-7-4-8-20(10-14)15-9-16(19-12-18-15)23-11-13-5-2-1-3-6-13/h1-3,5-6,9,12,14H,4,7-8,10-11H2,(H,21,22). The lowest BCUT2D eigenvalue weighted by Crippen LogP contribution is -2.39. The first-order chi connectivity index (χ1) is 11.2. The number of aromatic nitrogens is 2. The Bertz CT molecular complexity index is 663. The third-order valence-corrected chi connectivity index (χ3v) is 3.95. The van der Waals surface area contributed by atoms with E-state index in [1.54, 1.807) is 6.07 Å². The normalized spacial score (nSPS) is 17.7. The fraction of sp³-hybridized carbons (Fsp3) is 0.353. The molecule has 2 aromatic rings. The lowest BCUT2D eigenvalue weighted by molar-refractivity contribution is -0.141. The summed E-state index contributed by atoms with van der Waals surface area (Å²) in [7, 11) is 0. The Kier molecular flexibility index (Phi) is 4.71. The molecule has 0 saturated carbocycles. The molecule has 120 valence electrons. The quantitative estimate of drug-likeness (QED) is 0.913. The van der Waals surface area contributed by atoms with Gasteiger partial charge in [-0.05, 0) is 18.4 Å². The maximum atomic E-state index is 11.2. The van der Waals surface area contributed by atoms with Crippen molar-refractivity contribution in [2.75, 3.05) is 18.0 Å². The largest absolute Gasteiger partial charge is 0.481 e. The van der Waals surface area contributed by atoms with Crippen LogP contribution in [-0.2, 0) is 11.4 Å². The van der Waals surface area contributed by atoms with Crippen LogP contribution in [0.3, 0.4) is 0 Å². The van der Waals surface area contributed by atoms with Crippen molar-refractivity contribution in [3.8, 4) is 5.88 Å². The molecule has 0 bridgehead atoms. The van der Waals surface area contributed by atoms with Gasteiger partial charge in [0, 0.05) is 19.2 Å². The molecule has 3 rings (SSSR count).